The van der Waals surface area contributed by atoms with E-state index in [0.29, 0.717) is 0 Å². The van der Waals surface area contributed by atoms with Crippen LogP contribution in [-0.2, 0) is 23.2 Å². The average molecular weight is 349 g/mol. The third-order valence-electron chi connectivity index (χ3n) is 2.95. The van der Waals surface area contributed by atoms with Crippen molar-refractivity contribution in [2.45, 2.75) is 11.1 Å². The summed E-state index contributed by atoms with van der Waals surface area (Å²) in [7, 11) is -1.51. The number of benzene rings is 1. The van der Waals surface area contributed by atoms with E-state index in [-0.39, 0.29) is 10.7 Å². The van der Waals surface area contributed by atoms with Crippen molar-refractivity contribution in [3.05, 3.63) is 36.0 Å². The van der Waals surface area contributed by atoms with Crippen molar-refractivity contribution in [1.82, 2.24) is 14.6 Å². The lowest BCUT2D eigenvalue weighted by Crippen LogP contribution is -2.40. The number of alkyl halides is 3. The summed E-state index contributed by atoms with van der Waals surface area (Å²) in [6.07, 6.45) is -4.74. The molecular formula is C12H14F3N5O2S. The lowest BCUT2D eigenvalue weighted by atomic mass is 10.3. The second-order valence-electron chi connectivity index (χ2n) is 4.67. The van der Waals surface area contributed by atoms with Crippen LogP contribution in [0, 0.1) is 0 Å². The molecule has 0 unspecified atom stereocenters. The molecule has 0 aliphatic heterocycles. The van der Waals surface area contributed by atoms with E-state index in [4.69, 9.17) is 5.73 Å². The monoisotopic (exact) mass is 349 g/mol. The third kappa shape index (κ3) is 3.40. The highest BCUT2D eigenvalue weighted by molar-refractivity contribution is 7.89. The van der Waals surface area contributed by atoms with Crippen LogP contribution in [-0.4, -0.2) is 25.2 Å². The number of rotatable bonds is 4. The Labute approximate surface area is 130 Å². The number of nitrogens with two attached hydrogens (primary N) is 1. The molecule has 3 N–H and O–H groups in total. The zero-order valence-corrected chi connectivity index (χ0v) is 13.0. The fourth-order valence-electron chi connectivity index (χ4n) is 2.01. The quantitative estimate of drug-likeness (QED) is 0.813. The predicted octanol–water partition coefficient (Wildman–Crippen LogP) is 1.35. The minimum absolute atomic E-state index is 0.0383. The fraction of sp³-hybridized carbons (Fsp3) is 0.250. The first kappa shape index (κ1) is 17.1. The molecule has 0 aliphatic rings. The van der Waals surface area contributed by atoms with Gasteiger partial charge in [-0.1, -0.05) is 18.2 Å². The van der Waals surface area contributed by atoms with Crippen LogP contribution in [0.25, 0.3) is 0 Å². The molecule has 0 spiro atoms. The number of hydrogen-bond donors (Lipinski definition) is 2. The summed E-state index contributed by atoms with van der Waals surface area (Å²) in [5.74, 6) is -0.225. The molecule has 0 aliphatic carbocycles. The Balaban J connectivity index is 2.36. The number of hydrazine groups is 1. The summed E-state index contributed by atoms with van der Waals surface area (Å²) in [5, 5.41) is 4.17. The van der Waals surface area contributed by atoms with E-state index in [2.05, 4.69) is 9.93 Å². The zero-order chi connectivity index (χ0) is 17.4. The van der Waals surface area contributed by atoms with E-state index >= 15 is 0 Å². The fourth-order valence-corrected chi connectivity index (χ4v) is 3.08. The predicted molar refractivity (Wildman–Crippen MR) is 77.8 cm³/mol. The Hall–Kier alpha value is -2.27. The number of halogens is 3. The second-order valence-corrected chi connectivity index (χ2v) is 6.33. The van der Waals surface area contributed by atoms with Gasteiger partial charge >= 0.3 is 6.18 Å². The lowest BCUT2D eigenvalue weighted by molar-refractivity contribution is -0.140. The van der Waals surface area contributed by atoms with Gasteiger partial charge in [-0.3, -0.25) is 5.01 Å². The van der Waals surface area contributed by atoms with Gasteiger partial charge in [-0.2, -0.15) is 18.3 Å². The van der Waals surface area contributed by atoms with E-state index in [1.54, 1.807) is 6.07 Å². The molecule has 0 saturated heterocycles. The number of aryl methyl sites for hydroxylation is 1. The molecule has 0 radical (unpaired) electrons. The van der Waals surface area contributed by atoms with Crippen molar-refractivity contribution in [2.75, 3.05) is 17.8 Å². The van der Waals surface area contributed by atoms with Crippen molar-refractivity contribution in [3.63, 3.8) is 0 Å². The van der Waals surface area contributed by atoms with Crippen molar-refractivity contribution in [3.8, 4) is 0 Å². The maximum absolute atomic E-state index is 12.8. The van der Waals surface area contributed by atoms with Gasteiger partial charge < -0.3 is 5.73 Å². The van der Waals surface area contributed by atoms with Crippen molar-refractivity contribution < 1.29 is 21.6 Å². The summed E-state index contributed by atoms with van der Waals surface area (Å²) in [5.41, 5.74) is 3.52. The first-order chi connectivity index (χ1) is 10.5. The number of nitrogens with one attached hydrogen (secondary N) is 1. The summed E-state index contributed by atoms with van der Waals surface area (Å²) in [4.78, 5) is 2.09. The van der Waals surface area contributed by atoms with Crippen LogP contribution in [0.3, 0.4) is 0 Å². The SMILES string of the molecule is CN(NS(=O)(=O)c1ccccc1)c1c(N)c(C(F)(F)F)nn1C. The van der Waals surface area contributed by atoms with Gasteiger partial charge in [-0.15, -0.1) is 4.83 Å². The highest BCUT2D eigenvalue weighted by Crippen LogP contribution is 2.36. The number of anilines is 2. The number of hydrogen-bond acceptors (Lipinski definition) is 5. The first-order valence-corrected chi connectivity index (χ1v) is 7.73. The minimum atomic E-state index is -4.74. The highest BCUT2D eigenvalue weighted by Gasteiger charge is 2.39. The van der Waals surface area contributed by atoms with E-state index in [9.17, 15) is 21.6 Å². The number of aromatic nitrogens is 2. The summed E-state index contributed by atoms with van der Waals surface area (Å²) < 4.78 is 63.6. The molecule has 2 aromatic rings. The molecule has 0 amide bonds. The van der Waals surface area contributed by atoms with E-state index in [1.165, 1.54) is 38.4 Å². The van der Waals surface area contributed by atoms with E-state index < -0.39 is 27.6 Å². The van der Waals surface area contributed by atoms with Crippen molar-refractivity contribution >= 4 is 21.5 Å². The Morgan fingerprint density at radius 1 is 1.26 bits per heavy atom. The average Bonchev–Trinajstić information content (AvgIpc) is 2.74. The third-order valence-corrected chi connectivity index (χ3v) is 4.36. The molecule has 11 heteroatoms. The summed E-state index contributed by atoms with van der Waals surface area (Å²) in [6, 6.07) is 7.38. The maximum Gasteiger partial charge on any atom is 0.437 e. The van der Waals surface area contributed by atoms with E-state index in [1.807, 2.05) is 0 Å². The zero-order valence-electron chi connectivity index (χ0n) is 12.2. The van der Waals surface area contributed by atoms with Crippen LogP contribution in [0.1, 0.15) is 5.69 Å². The Morgan fingerprint density at radius 2 is 1.83 bits per heavy atom. The topological polar surface area (TPSA) is 93.2 Å². The normalized spacial score (nSPS) is 12.4. The maximum atomic E-state index is 12.8. The van der Waals surface area contributed by atoms with E-state index in [0.717, 1.165) is 9.69 Å². The summed E-state index contributed by atoms with van der Waals surface area (Å²) >= 11 is 0. The summed E-state index contributed by atoms with van der Waals surface area (Å²) in [6.45, 7) is 0. The lowest BCUT2D eigenvalue weighted by Gasteiger charge is -2.20. The van der Waals surface area contributed by atoms with Crippen LogP contribution < -0.4 is 15.6 Å². The second kappa shape index (κ2) is 5.74. The van der Waals surface area contributed by atoms with Crippen LogP contribution in [0.5, 0.6) is 0 Å². The van der Waals surface area contributed by atoms with Gasteiger partial charge in [0.1, 0.15) is 5.69 Å². The molecule has 7 nitrogen and oxygen atoms in total. The molecule has 0 bridgehead atoms. The Morgan fingerprint density at radius 3 is 2.30 bits per heavy atom. The number of sulfonamides is 1. The van der Waals surface area contributed by atoms with Crippen molar-refractivity contribution in [2.24, 2.45) is 7.05 Å². The Kier molecular flexibility index (Phi) is 4.26. The molecule has 1 heterocycles. The standard InChI is InChI=1S/C12H14F3N5O2S/c1-19-11(9(16)10(17-19)12(13,14)15)20(2)18-23(21,22)8-6-4-3-5-7-8/h3-7,18H,16H2,1-2H3. The molecule has 0 saturated carbocycles. The van der Waals surface area contributed by atoms with Crippen LogP contribution in [0.4, 0.5) is 24.7 Å². The molecule has 1 aromatic heterocycles. The molecular weight excluding hydrogens is 335 g/mol. The highest BCUT2D eigenvalue weighted by atomic mass is 32.2. The number of nitrogen functional groups attached to an aromatic ring is 1. The minimum Gasteiger partial charge on any atom is -0.394 e. The molecule has 23 heavy (non-hydrogen) atoms. The van der Waals surface area contributed by atoms with Gasteiger partial charge in [-0.05, 0) is 12.1 Å². The largest absolute Gasteiger partial charge is 0.437 e. The van der Waals surface area contributed by atoms with Gasteiger partial charge in [0.15, 0.2) is 11.5 Å². The van der Waals surface area contributed by atoms with Crippen LogP contribution in [0.15, 0.2) is 35.2 Å². The van der Waals surface area contributed by atoms with Crippen LogP contribution in [0.2, 0.25) is 0 Å². The Bertz CT molecular complexity index is 802. The number of nitrogens with zero attached hydrogens (tertiary/aromatic N) is 3. The molecule has 126 valence electrons. The molecule has 0 fully saturated rings. The van der Waals surface area contributed by atoms with Gasteiger partial charge in [-0.25, -0.2) is 13.1 Å². The molecule has 0 atom stereocenters. The van der Waals surface area contributed by atoms with Crippen LogP contribution >= 0.6 is 0 Å². The molecule has 1 aromatic carbocycles. The van der Waals surface area contributed by atoms with Gasteiger partial charge in [0.05, 0.1) is 4.90 Å². The van der Waals surface area contributed by atoms with Gasteiger partial charge in [0.2, 0.25) is 0 Å². The van der Waals surface area contributed by atoms with Gasteiger partial charge in [0.25, 0.3) is 10.0 Å². The first-order valence-electron chi connectivity index (χ1n) is 6.25. The van der Waals surface area contributed by atoms with Gasteiger partial charge in [0, 0.05) is 14.1 Å². The van der Waals surface area contributed by atoms with Crippen molar-refractivity contribution in [1.29, 1.82) is 0 Å². The molecule has 2 rings (SSSR count). The smallest absolute Gasteiger partial charge is 0.394 e.